The van der Waals surface area contributed by atoms with Crippen LogP contribution >= 0.6 is 46.8 Å². The van der Waals surface area contributed by atoms with Crippen LogP contribution in [0.4, 0.5) is 0 Å². The molecule has 0 spiro atoms. The van der Waals surface area contributed by atoms with Gasteiger partial charge in [-0.05, 0) is 30.8 Å². The number of nitrogens with zero attached hydrogens (tertiary/aromatic N) is 2. The molecule has 140 valence electrons. The summed E-state index contributed by atoms with van der Waals surface area (Å²) in [5.74, 6) is -0.0168. The Morgan fingerprint density at radius 3 is 2.62 bits per heavy atom. The van der Waals surface area contributed by atoms with E-state index in [1.807, 2.05) is 17.0 Å². The number of fused-ring (bicyclic) bond motifs is 1. The zero-order valence-electron chi connectivity index (χ0n) is 14.6. The summed E-state index contributed by atoms with van der Waals surface area (Å²) in [5.41, 5.74) is 0. The van der Waals surface area contributed by atoms with Crippen LogP contribution in [-0.2, 0) is 0 Å². The third-order valence-corrected chi connectivity index (χ3v) is 6.73. The first-order valence-corrected chi connectivity index (χ1v) is 10.7. The number of carbonyl (C=O) groups excluding carboxylic acids is 1. The van der Waals surface area contributed by atoms with Crippen LogP contribution in [0.25, 0.3) is 10.1 Å². The molecule has 1 amide bonds. The van der Waals surface area contributed by atoms with Gasteiger partial charge in [0.05, 0.1) is 5.02 Å². The molecular formula is C18H21Cl2N3OS2. The maximum atomic E-state index is 12.9. The van der Waals surface area contributed by atoms with Gasteiger partial charge in [-0.3, -0.25) is 4.79 Å². The Bertz CT molecular complexity index is 816. The highest BCUT2D eigenvalue weighted by atomic mass is 35.5. The van der Waals surface area contributed by atoms with Gasteiger partial charge >= 0.3 is 0 Å². The molecule has 0 bridgehead atoms. The third-order valence-electron chi connectivity index (χ3n) is 4.45. The van der Waals surface area contributed by atoms with Crippen molar-refractivity contribution >= 4 is 67.9 Å². The highest BCUT2D eigenvalue weighted by Gasteiger charge is 2.26. The van der Waals surface area contributed by atoms with Gasteiger partial charge in [-0.15, -0.1) is 11.3 Å². The second kappa shape index (κ2) is 8.74. The van der Waals surface area contributed by atoms with E-state index >= 15 is 0 Å². The van der Waals surface area contributed by atoms with E-state index in [0.717, 1.165) is 47.7 Å². The average molecular weight is 430 g/mol. The normalized spacial score (nSPS) is 14.7. The Morgan fingerprint density at radius 1 is 1.23 bits per heavy atom. The summed E-state index contributed by atoms with van der Waals surface area (Å²) in [7, 11) is 0. The van der Waals surface area contributed by atoms with Crippen molar-refractivity contribution in [2.45, 2.75) is 19.8 Å². The molecule has 3 rings (SSSR count). The molecule has 26 heavy (non-hydrogen) atoms. The van der Waals surface area contributed by atoms with E-state index in [9.17, 15) is 4.79 Å². The van der Waals surface area contributed by atoms with Gasteiger partial charge in [0.2, 0.25) is 0 Å². The van der Waals surface area contributed by atoms with Gasteiger partial charge < -0.3 is 15.1 Å². The molecule has 4 nitrogen and oxygen atoms in total. The largest absolute Gasteiger partial charge is 0.363 e. The lowest BCUT2D eigenvalue weighted by molar-refractivity contribution is 0.0696. The predicted octanol–water partition coefficient (Wildman–Crippen LogP) is 4.64. The molecule has 1 N–H and O–H groups in total. The first kappa shape index (κ1) is 19.7. The number of nitrogens with one attached hydrogen (secondary N) is 1. The van der Waals surface area contributed by atoms with Gasteiger partial charge in [0, 0.05) is 47.8 Å². The fraction of sp³-hybridized carbons (Fsp3) is 0.444. The van der Waals surface area contributed by atoms with Crippen LogP contribution in [-0.4, -0.2) is 53.5 Å². The van der Waals surface area contributed by atoms with Crippen LogP contribution in [0.3, 0.4) is 0 Å². The van der Waals surface area contributed by atoms with E-state index in [2.05, 4.69) is 17.1 Å². The lowest BCUT2D eigenvalue weighted by Gasteiger charge is -2.36. The van der Waals surface area contributed by atoms with Crippen LogP contribution in [0.15, 0.2) is 18.2 Å². The summed E-state index contributed by atoms with van der Waals surface area (Å²) < 4.78 is 0.936. The fourth-order valence-corrected chi connectivity index (χ4v) is 4.96. The van der Waals surface area contributed by atoms with Gasteiger partial charge in [-0.2, -0.15) is 0 Å². The standard InChI is InChI=1S/C18H21Cl2N3OS2/c1-2-3-6-21-18(25)23-9-7-22(8-10-23)17(24)16-15(20)13-5-4-12(19)11-14(13)26-16/h4-5,11H,2-3,6-10H2,1H3,(H,21,25). The molecule has 2 heterocycles. The summed E-state index contributed by atoms with van der Waals surface area (Å²) in [6.07, 6.45) is 2.24. The lowest BCUT2D eigenvalue weighted by Crippen LogP contribution is -2.53. The van der Waals surface area contributed by atoms with Gasteiger partial charge in [-0.25, -0.2) is 0 Å². The number of thiophene rings is 1. The van der Waals surface area contributed by atoms with E-state index in [1.54, 1.807) is 6.07 Å². The Kier molecular flexibility index (Phi) is 6.61. The number of amides is 1. The number of unbranched alkanes of at least 4 members (excludes halogenated alkanes) is 1. The Hall–Kier alpha value is -1.08. The fourth-order valence-electron chi connectivity index (χ4n) is 2.92. The van der Waals surface area contributed by atoms with Crippen molar-refractivity contribution in [3.05, 3.63) is 33.1 Å². The summed E-state index contributed by atoms with van der Waals surface area (Å²) in [6, 6.07) is 5.51. The Labute approximate surface area is 173 Å². The van der Waals surface area contributed by atoms with Crippen LogP contribution in [0.5, 0.6) is 0 Å². The molecule has 1 fully saturated rings. The number of carbonyl (C=O) groups is 1. The second-order valence-electron chi connectivity index (χ2n) is 6.25. The minimum atomic E-state index is -0.0168. The molecule has 1 aliphatic heterocycles. The minimum Gasteiger partial charge on any atom is -0.363 e. The SMILES string of the molecule is CCCCNC(=S)N1CCN(C(=O)c2sc3cc(Cl)ccc3c2Cl)CC1. The third kappa shape index (κ3) is 4.25. The van der Waals surface area contributed by atoms with E-state index < -0.39 is 0 Å². The number of thiocarbonyl (C=S) groups is 1. The van der Waals surface area contributed by atoms with Gasteiger partial charge in [-0.1, -0.05) is 42.6 Å². The zero-order valence-corrected chi connectivity index (χ0v) is 17.7. The number of benzene rings is 1. The molecule has 1 saturated heterocycles. The Balaban J connectivity index is 1.64. The number of hydrogen-bond acceptors (Lipinski definition) is 3. The van der Waals surface area contributed by atoms with E-state index in [-0.39, 0.29) is 5.91 Å². The van der Waals surface area contributed by atoms with Crippen LogP contribution in [0, 0.1) is 0 Å². The van der Waals surface area contributed by atoms with Crippen molar-refractivity contribution in [1.29, 1.82) is 0 Å². The van der Waals surface area contributed by atoms with E-state index in [1.165, 1.54) is 11.3 Å². The summed E-state index contributed by atoms with van der Waals surface area (Å²) in [4.78, 5) is 17.5. The molecule has 1 aliphatic rings. The maximum absolute atomic E-state index is 12.9. The monoisotopic (exact) mass is 429 g/mol. The molecule has 0 aliphatic carbocycles. The number of piperazine rings is 1. The molecule has 0 unspecified atom stereocenters. The first-order valence-electron chi connectivity index (χ1n) is 8.71. The van der Waals surface area contributed by atoms with Gasteiger partial charge in [0.15, 0.2) is 5.11 Å². The first-order chi connectivity index (χ1) is 12.5. The zero-order chi connectivity index (χ0) is 18.7. The van der Waals surface area contributed by atoms with E-state index in [4.69, 9.17) is 35.4 Å². The number of hydrogen-bond donors (Lipinski definition) is 1. The van der Waals surface area contributed by atoms with Crippen LogP contribution in [0.2, 0.25) is 10.0 Å². The molecule has 0 saturated carbocycles. The summed E-state index contributed by atoms with van der Waals surface area (Å²) >= 11 is 19.3. The number of rotatable bonds is 4. The van der Waals surface area contributed by atoms with Gasteiger partial charge in [0.1, 0.15) is 4.88 Å². The van der Waals surface area contributed by atoms with Crippen molar-refractivity contribution in [3.63, 3.8) is 0 Å². The molecule has 2 aromatic rings. The van der Waals surface area contributed by atoms with Crippen molar-refractivity contribution in [2.24, 2.45) is 0 Å². The lowest BCUT2D eigenvalue weighted by atomic mass is 10.2. The molecule has 0 atom stereocenters. The summed E-state index contributed by atoms with van der Waals surface area (Å²) in [5, 5.41) is 6.11. The van der Waals surface area contributed by atoms with Crippen molar-refractivity contribution in [3.8, 4) is 0 Å². The quantitative estimate of drug-likeness (QED) is 0.566. The molecule has 8 heteroatoms. The molecular weight excluding hydrogens is 409 g/mol. The Morgan fingerprint density at radius 2 is 1.92 bits per heavy atom. The topological polar surface area (TPSA) is 35.6 Å². The van der Waals surface area contributed by atoms with Crippen molar-refractivity contribution < 1.29 is 4.79 Å². The highest BCUT2D eigenvalue weighted by Crippen LogP contribution is 2.37. The molecule has 0 radical (unpaired) electrons. The highest BCUT2D eigenvalue weighted by molar-refractivity contribution is 7.80. The van der Waals surface area contributed by atoms with Crippen molar-refractivity contribution in [1.82, 2.24) is 15.1 Å². The van der Waals surface area contributed by atoms with Gasteiger partial charge in [0.25, 0.3) is 5.91 Å². The maximum Gasteiger partial charge on any atom is 0.265 e. The van der Waals surface area contributed by atoms with E-state index in [0.29, 0.717) is 28.0 Å². The average Bonchev–Trinajstić information content (AvgIpc) is 2.97. The predicted molar refractivity (Wildman–Crippen MR) is 115 cm³/mol. The second-order valence-corrected chi connectivity index (χ2v) is 8.50. The minimum absolute atomic E-state index is 0.0168. The molecule has 1 aromatic carbocycles. The smallest absolute Gasteiger partial charge is 0.265 e. The summed E-state index contributed by atoms with van der Waals surface area (Å²) in [6.45, 7) is 5.80. The van der Waals surface area contributed by atoms with Crippen molar-refractivity contribution in [2.75, 3.05) is 32.7 Å². The van der Waals surface area contributed by atoms with Crippen LogP contribution < -0.4 is 5.32 Å². The number of halogens is 2. The van der Waals surface area contributed by atoms with Crippen LogP contribution in [0.1, 0.15) is 29.4 Å². The molecule has 1 aromatic heterocycles.